The number of hydrogen-bond acceptors (Lipinski definition) is 6. The number of amides is 1. The average Bonchev–Trinajstić information content (AvgIpc) is 3.01. The second-order valence-electron chi connectivity index (χ2n) is 5.07. The SMILES string of the molecule is Cc1cc(=O)[nH]c(SCC(=O)Nc2nc(-c3ccc(Br)cc3)cs2)n1. The topological polar surface area (TPSA) is 87.7 Å². The molecule has 25 heavy (non-hydrogen) atoms. The molecule has 128 valence electrons. The van der Waals surface area contributed by atoms with Gasteiger partial charge in [0.05, 0.1) is 11.4 Å². The number of aryl methyl sites for hydroxylation is 1. The average molecular weight is 437 g/mol. The number of H-pyrrole nitrogens is 1. The molecule has 0 saturated carbocycles. The molecule has 0 atom stereocenters. The van der Waals surface area contributed by atoms with Crippen LogP contribution in [-0.4, -0.2) is 26.6 Å². The number of rotatable bonds is 5. The lowest BCUT2D eigenvalue weighted by Gasteiger charge is -2.02. The van der Waals surface area contributed by atoms with Crippen LogP contribution in [0.25, 0.3) is 11.3 Å². The van der Waals surface area contributed by atoms with E-state index in [1.807, 2.05) is 29.6 Å². The zero-order valence-corrected chi connectivity index (χ0v) is 16.3. The number of benzene rings is 1. The van der Waals surface area contributed by atoms with Gasteiger partial charge < -0.3 is 10.3 Å². The number of carbonyl (C=O) groups is 1. The van der Waals surface area contributed by atoms with E-state index < -0.39 is 0 Å². The predicted octanol–water partition coefficient (Wildman–Crippen LogP) is 3.70. The summed E-state index contributed by atoms with van der Waals surface area (Å²) in [4.78, 5) is 34.6. The van der Waals surface area contributed by atoms with Crippen LogP contribution in [0.1, 0.15) is 5.69 Å². The Hall–Kier alpha value is -1.97. The number of thiazole rings is 1. The van der Waals surface area contributed by atoms with Gasteiger partial charge in [-0.1, -0.05) is 39.8 Å². The summed E-state index contributed by atoms with van der Waals surface area (Å²) in [5, 5.41) is 5.62. The Kier molecular flexibility index (Phi) is 5.67. The van der Waals surface area contributed by atoms with Crippen LogP contribution >= 0.6 is 39.0 Å². The fourth-order valence-corrected chi connectivity index (χ4v) is 3.72. The normalized spacial score (nSPS) is 10.6. The van der Waals surface area contributed by atoms with Crippen LogP contribution in [0.5, 0.6) is 0 Å². The van der Waals surface area contributed by atoms with Gasteiger partial charge in [-0.05, 0) is 19.1 Å². The van der Waals surface area contributed by atoms with Crippen molar-refractivity contribution in [2.24, 2.45) is 0 Å². The fraction of sp³-hybridized carbons (Fsp3) is 0.125. The molecule has 2 heterocycles. The van der Waals surface area contributed by atoms with E-state index in [-0.39, 0.29) is 17.2 Å². The van der Waals surface area contributed by atoms with Crippen molar-refractivity contribution in [1.29, 1.82) is 0 Å². The van der Waals surface area contributed by atoms with Gasteiger partial charge in [-0.2, -0.15) is 0 Å². The Balaban J connectivity index is 1.60. The highest BCUT2D eigenvalue weighted by molar-refractivity contribution is 9.10. The van der Waals surface area contributed by atoms with Crippen molar-refractivity contribution in [3.8, 4) is 11.3 Å². The zero-order valence-electron chi connectivity index (χ0n) is 13.1. The first kappa shape index (κ1) is 17.8. The summed E-state index contributed by atoms with van der Waals surface area (Å²) < 4.78 is 1.000. The predicted molar refractivity (Wildman–Crippen MR) is 104 cm³/mol. The van der Waals surface area contributed by atoms with Gasteiger partial charge in [-0.15, -0.1) is 11.3 Å². The van der Waals surface area contributed by atoms with Gasteiger partial charge in [-0.3, -0.25) is 9.59 Å². The summed E-state index contributed by atoms with van der Waals surface area (Å²) in [5.74, 6) is -0.0644. The lowest BCUT2D eigenvalue weighted by Crippen LogP contribution is -2.15. The number of hydrogen-bond donors (Lipinski definition) is 2. The van der Waals surface area contributed by atoms with E-state index in [1.165, 1.54) is 29.2 Å². The van der Waals surface area contributed by atoms with Crippen LogP contribution in [0.3, 0.4) is 0 Å². The van der Waals surface area contributed by atoms with Gasteiger partial charge in [0.15, 0.2) is 10.3 Å². The van der Waals surface area contributed by atoms with E-state index in [2.05, 4.69) is 36.2 Å². The standard InChI is InChI=1S/C16H13BrN4O2S2/c1-9-6-13(22)20-15(18-9)25-8-14(23)21-16-19-12(7-24-16)10-2-4-11(17)5-3-10/h2-7H,8H2,1H3,(H,18,20,22)(H,19,21,23). The Labute approximate surface area is 160 Å². The highest BCUT2D eigenvalue weighted by Gasteiger charge is 2.10. The molecule has 0 aliphatic heterocycles. The lowest BCUT2D eigenvalue weighted by atomic mass is 10.2. The second-order valence-corrected chi connectivity index (χ2v) is 7.81. The van der Waals surface area contributed by atoms with Crippen molar-refractivity contribution in [3.63, 3.8) is 0 Å². The molecule has 0 aliphatic carbocycles. The van der Waals surface area contributed by atoms with Crippen LogP contribution in [0.4, 0.5) is 5.13 Å². The van der Waals surface area contributed by atoms with Crippen molar-refractivity contribution < 1.29 is 4.79 Å². The van der Waals surface area contributed by atoms with Crippen LogP contribution < -0.4 is 10.9 Å². The molecule has 1 amide bonds. The van der Waals surface area contributed by atoms with Crippen molar-refractivity contribution in [2.45, 2.75) is 12.1 Å². The second kappa shape index (κ2) is 7.94. The summed E-state index contributed by atoms with van der Waals surface area (Å²) in [5.41, 5.74) is 2.18. The molecule has 2 N–H and O–H groups in total. The van der Waals surface area contributed by atoms with E-state index >= 15 is 0 Å². The first-order valence-corrected chi connectivity index (χ1v) is 9.87. The summed E-state index contributed by atoms with van der Waals surface area (Å²) in [6, 6.07) is 9.21. The summed E-state index contributed by atoms with van der Waals surface area (Å²) in [6.07, 6.45) is 0. The van der Waals surface area contributed by atoms with E-state index in [1.54, 1.807) is 6.92 Å². The maximum Gasteiger partial charge on any atom is 0.251 e. The number of halogens is 1. The highest BCUT2D eigenvalue weighted by atomic mass is 79.9. The largest absolute Gasteiger partial charge is 0.301 e. The van der Waals surface area contributed by atoms with Crippen molar-refractivity contribution in [2.75, 3.05) is 11.1 Å². The zero-order chi connectivity index (χ0) is 17.8. The minimum Gasteiger partial charge on any atom is -0.301 e. The Morgan fingerprint density at radius 3 is 2.80 bits per heavy atom. The van der Waals surface area contributed by atoms with Crippen molar-refractivity contribution >= 4 is 50.1 Å². The number of thioether (sulfide) groups is 1. The Morgan fingerprint density at radius 1 is 1.32 bits per heavy atom. The molecule has 6 nitrogen and oxygen atoms in total. The third-order valence-corrected chi connectivity index (χ3v) is 5.24. The van der Waals surface area contributed by atoms with Crippen LogP contribution in [0.2, 0.25) is 0 Å². The molecular formula is C16H13BrN4O2S2. The molecule has 0 bridgehead atoms. The molecule has 0 radical (unpaired) electrons. The molecular weight excluding hydrogens is 424 g/mol. The monoisotopic (exact) mass is 436 g/mol. The number of nitrogens with one attached hydrogen (secondary N) is 2. The van der Waals surface area contributed by atoms with Gasteiger partial charge >= 0.3 is 0 Å². The Morgan fingerprint density at radius 2 is 2.08 bits per heavy atom. The Bertz CT molecular complexity index is 953. The summed E-state index contributed by atoms with van der Waals surface area (Å²) in [6.45, 7) is 1.73. The van der Waals surface area contributed by atoms with Gasteiger partial charge in [-0.25, -0.2) is 9.97 Å². The third kappa shape index (κ3) is 5.00. The molecule has 2 aromatic heterocycles. The minimum atomic E-state index is -0.227. The molecule has 9 heteroatoms. The first-order valence-electron chi connectivity index (χ1n) is 7.22. The van der Waals surface area contributed by atoms with Gasteiger partial charge in [0.25, 0.3) is 5.56 Å². The molecule has 3 rings (SSSR count). The van der Waals surface area contributed by atoms with E-state index in [0.29, 0.717) is 16.0 Å². The maximum atomic E-state index is 12.1. The number of nitrogens with zero attached hydrogens (tertiary/aromatic N) is 2. The smallest absolute Gasteiger partial charge is 0.251 e. The lowest BCUT2D eigenvalue weighted by molar-refractivity contribution is -0.113. The van der Waals surface area contributed by atoms with Crippen LogP contribution in [0.15, 0.2) is 50.1 Å². The number of aromatic amines is 1. The van der Waals surface area contributed by atoms with Crippen molar-refractivity contribution in [1.82, 2.24) is 15.0 Å². The maximum absolute atomic E-state index is 12.1. The summed E-state index contributed by atoms with van der Waals surface area (Å²) >= 11 is 5.94. The molecule has 0 unspecified atom stereocenters. The molecule has 0 fully saturated rings. The van der Waals surface area contributed by atoms with Gasteiger partial charge in [0.1, 0.15) is 0 Å². The van der Waals surface area contributed by atoms with Crippen LogP contribution in [0, 0.1) is 6.92 Å². The van der Waals surface area contributed by atoms with E-state index in [0.717, 1.165) is 15.7 Å². The van der Waals surface area contributed by atoms with Crippen molar-refractivity contribution in [3.05, 3.63) is 56.2 Å². The number of aromatic nitrogens is 3. The van der Waals surface area contributed by atoms with Gasteiger partial charge in [0, 0.05) is 27.2 Å². The molecule has 0 saturated heterocycles. The van der Waals surface area contributed by atoms with Crippen LogP contribution in [-0.2, 0) is 4.79 Å². The first-order chi connectivity index (χ1) is 12.0. The van der Waals surface area contributed by atoms with E-state index in [4.69, 9.17) is 0 Å². The number of anilines is 1. The number of carbonyl (C=O) groups excluding carboxylic acids is 1. The molecule has 0 aliphatic rings. The van der Waals surface area contributed by atoms with Gasteiger partial charge in [0.2, 0.25) is 5.91 Å². The highest BCUT2D eigenvalue weighted by Crippen LogP contribution is 2.26. The molecule has 3 aromatic rings. The summed E-state index contributed by atoms with van der Waals surface area (Å²) in [7, 11) is 0. The molecule has 0 spiro atoms. The van der Waals surface area contributed by atoms with E-state index in [9.17, 15) is 9.59 Å². The minimum absolute atomic E-state index is 0.138. The molecule has 1 aromatic carbocycles. The fourth-order valence-electron chi connectivity index (χ4n) is 1.99. The third-order valence-electron chi connectivity index (χ3n) is 3.08. The quantitative estimate of drug-likeness (QED) is 0.470.